The Bertz CT molecular complexity index is 647. The number of benzene rings is 2. The van der Waals surface area contributed by atoms with Crippen LogP contribution in [0.4, 0.5) is 15.8 Å². The van der Waals surface area contributed by atoms with Gasteiger partial charge in [0.2, 0.25) is 5.91 Å². The summed E-state index contributed by atoms with van der Waals surface area (Å²) in [5.74, 6) is -0.605. The lowest BCUT2D eigenvalue weighted by Gasteiger charge is -2.16. The Balaban J connectivity index is 2.02. The normalized spacial score (nSPS) is 11.8. The van der Waals surface area contributed by atoms with E-state index in [0.29, 0.717) is 21.4 Å². The Labute approximate surface area is 132 Å². The van der Waals surface area contributed by atoms with Gasteiger partial charge < -0.3 is 10.6 Å². The highest BCUT2D eigenvalue weighted by molar-refractivity contribution is 6.35. The van der Waals surface area contributed by atoms with Gasteiger partial charge in [-0.25, -0.2) is 4.39 Å². The highest BCUT2D eigenvalue weighted by Crippen LogP contribution is 2.25. The molecule has 0 bridgehead atoms. The average molecular weight is 327 g/mol. The van der Waals surface area contributed by atoms with E-state index in [4.69, 9.17) is 23.2 Å². The van der Waals surface area contributed by atoms with Crippen LogP contribution in [0, 0.1) is 5.82 Å². The SMILES string of the molecule is C[C@H](Nc1ccc(F)cc1)C(=O)Nc1cc(Cl)ccc1Cl. The van der Waals surface area contributed by atoms with Gasteiger partial charge in [-0.2, -0.15) is 0 Å². The molecule has 2 rings (SSSR count). The van der Waals surface area contributed by atoms with E-state index in [-0.39, 0.29) is 11.7 Å². The third-order valence-corrected chi connectivity index (χ3v) is 3.37. The summed E-state index contributed by atoms with van der Waals surface area (Å²) < 4.78 is 12.8. The van der Waals surface area contributed by atoms with E-state index in [9.17, 15) is 9.18 Å². The van der Waals surface area contributed by atoms with Crippen LogP contribution in [0.5, 0.6) is 0 Å². The summed E-state index contributed by atoms with van der Waals surface area (Å²) in [5, 5.41) is 6.54. The Kier molecular flexibility index (Phi) is 5.04. The molecule has 3 nitrogen and oxygen atoms in total. The second kappa shape index (κ2) is 6.78. The minimum absolute atomic E-state index is 0.275. The molecule has 0 spiro atoms. The molecule has 0 aliphatic rings. The summed E-state index contributed by atoms with van der Waals surface area (Å²) in [6.07, 6.45) is 0. The summed E-state index contributed by atoms with van der Waals surface area (Å²) in [4.78, 5) is 12.1. The number of hydrogen-bond acceptors (Lipinski definition) is 2. The molecular formula is C15H13Cl2FN2O. The standard InChI is InChI=1S/C15H13Cl2FN2O/c1-9(19-12-5-3-11(18)4-6-12)15(21)20-14-8-10(16)2-7-13(14)17/h2-9,19H,1H3,(H,20,21)/t9-/m0/s1. The average Bonchev–Trinajstić information content (AvgIpc) is 2.45. The van der Waals surface area contributed by atoms with Crippen LogP contribution in [0.3, 0.4) is 0 Å². The highest BCUT2D eigenvalue weighted by Gasteiger charge is 2.14. The van der Waals surface area contributed by atoms with E-state index < -0.39 is 6.04 Å². The summed E-state index contributed by atoms with van der Waals surface area (Å²) in [5.41, 5.74) is 1.10. The molecule has 0 radical (unpaired) electrons. The zero-order chi connectivity index (χ0) is 15.4. The minimum Gasteiger partial charge on any atom is -0.374 e. The second-order valence-corrected chi connectivity index (χ2v) is 5.33. The van der Waals surface area contributed by atoms with E-state index in [1.54, 1.807) is 37.3 Å². The molecule has 0 aliphatic carbocycles. The first-order valence-electron chi connectivity index (χ1n) is 6.24. The second-order valence-electron chi connectivity index (χ2n) is 4.49. The Morgan fingerprint density at radius 3 is 2.48 bits per heavy atom. The van der Waals surface area contributed by atoms with Crippen molar-refractivity contribution in [3.63, 3.8) is 0 Å². The van der Waals surface area contributed by atoms with Gasteiger partial charge in [-0.1, -0.05) is 23.2 Å². The lowest BCUT2D eigenvalue weighted by molar-refractivity contribution is -0.116. The van der Waals surface area contributed by atoms with Crippen molar-refractivity contribution in [2.24, 2.45) is 0 Å². The van der Waals surface area contributed by atoms with E-state index in [1.165, 1.54) is 12.1 Å². The van der Waals surface area contributed by atoms with Crippen molar-refractivity contribution in [3.05, 3.63) is 58.3 Å². The maximum absolute atomic E-state index is 12.8. The summed E-state index contributed by atoms with van der Waals surface area (Å²) in [7, 11) is 0. The topological polar surface area (TPSA) is 41.1 Å². The number of nitrogens with one attached hydrogen (secondary N) is 2. The van der Waals surface area contributed by atoms with Crippen LogP contribution in [-0.4, -0.2) is 11.9 Å². The molecule has 0 saturated heterocycles. The van der Waals surface area contributed by atoms with Crippen LogP contribution < -0.4 is 10.6 Å². The number of rotatable bonds is 4. The fourth-order valence-electron chi connectivity index (χ4n) is 1.70. The first-order valence-corrected chi connectivity index (χ1v) is 6.99. The van der Waals surface area contributed by atoms with Crippen molar-refractivity contribution in [1.29, 1.82) is 0 Å². The Hall–Kier alpha value is -1.78. The highest BCUT2D eigenvalue weighted by atomic mass is 35.5. The van der Waals surface area contributed by atoms with Crippen LogP contribution in [0.25, 0.3) is 0 Å². The molecule has 21 heavy (non-hydrogen) atoms. The van der Waals surface area contributed by atoms with Gasteiger partial charge in [0.1, 0.15) is 11.9 Å². The molecule has 1 atom stereocenters. The molecule has 1 amide bonds. The fraction of sp³-hybridized carbons (Fsp3) is 0.133. The van der Waals surface area contributed by atoms with E-state index in [1.807, 2.05) is 0 Å². The van der Waals surface area contributed by atoms with E-state index >= 15 is 0 Å². The first-order chi connectivity index (χ1) is 9.95. The zero-order valence-electron chi connectivity index (χ0n) is 11.2. The number of anilines is 2. The zero-order valence-corrected chi connectivity index (χ0v) is 12.7. The van der Waals surface area contributed by atoms with Gasteiger partial charge in [0.25, 0.3) is 0 Å². The maximum Gasteiger partial charge on any atom is 0.246 e. The predicted octanol–water partition coefficient (Wildman–Crippen LogP) is 4.57. The molecule has 2 aromatic carbocycles. The Morgan fingerprint density at radius 2 is 1.81 bits per heavy atom. The molecule has 110 valence electrons. The van der Waals surface area contributed by atoms with E-state index in [2.05, 4.69) is 10.6 Å². The van der Waals surface area contributed by atoms with Crippen LogP contribution in [0.1, 0.15) is 6.92 Å². The molecule has 0 heterocycles. The van der Waals surface area contributed by atoms with Crippen molar-refractivity contribution in [3.8, 4) is 0 Å². The quantitative estimate of drug-likeness (QED) is 0.863. The van der Waals surface area contributed by atoms with Gasteiger partial charge in [-0.05, 0) is 49.4 Å². The van der Waals surface area contributed by atoms with Gasteiger partial charge in [0.05, 0.1) is 10.7 Å². The van der Waals surface area contributed by atoms with Crippen LogP contribution in [-0.2, 0) is 4.79 Å². The minimum atomic E-state index is -0.523. The lowest BCUT2D eigenvalue weighted by atomic mass is 10.2. The largest absolute Gasteiger partial charge is 0.374 e. The molecule has 0 saturated carbocycles. The molecular weight excluding hydrogens is 314 g/mol. The number of hydrogen-bond donors (Lipinski definition) is 2. The van der Waals surface area contributed by atoms with Crippen LogP contribution in [0.15, 0.2) is 42.5 Å². The molecule has 2 aromatic rings. The van der Waals surface area contributed by atoms with Crippen LogP contribution in [0.2, 0.25) is 10.0 Å². The smallest absolute Gasteiger partial charge is 0.246 e. The molecule has 0 fully saturated rings. The number of carbonyl (C=O) groups excluding carboxylic acids is 1. The lowest BCUT2D eigenvalue weighted by Crippen LogP contribution is -2.31. The molecule has 0 aliphatic heterocycles. The Morgan fingerprint density at radius 1 is 1.14 bits per heavy atom. The maximum atomic E-state index is 12.8. The van der Waals surface area contributed by atoms with E-state index in [0.717, 1.165) is 0 Å². The van der Waals surface area contributed by atoms with Crippen molar-refractivity contribution in [2.75, 3.05) is 10.6 Å². The monoisotopic (exact) mass is 326 g/mol. The van der Waals surface area contributed by atoms with Gasteiger partial charge in [-0.3, -0.25) is 4.79 Å². The van der Waals surface area contributed by atoms with Gasteiger partial charge in [0.15, 0.2) is 0 Å². The number of amides is 1. The third-order valence-electron chi connectivity index (χ3n) is 2.81. The van der Waals surface area contributed by atoms with Crippen molar-refractivity contribution >= 4 is 40.5 Å². The van der Waals surface area contributed by atoms with Gasteiger partial charge in [-0.15, -0.1) is 0 Å². The van der Waals surface area contributed by atoms with Crippen molar-refractivity contribution in [1.82, 2.24) is 0 Å². The predicted molar refractivity (Wildman–Crippen MR) is 84.6 cm³/mol. The van der Waals surface area contributed by atoms with Crippen molar-refractivity contribution in [2.45, 2.75) is 13.0 Å². The third kappa shape index (κ3) is 4.34. The molecule has 6 heteroatoms. The molecule has 2 N–H and O–H groups in total. The summed E-state index contributed by atoms with van der Waals surface area (Å²) in [6.45, 7) is 1.69. The summed E-state index contributed by atoms with van der Waals surface area (Å²) in [6, 6.07) is 10.1. The van der Waals surface area contributed by atoms with Gasteiger partial charge in [0, 0.05) is 10.7 Å². The molecule has 0 unspecified atom stereocenters. The van der Waals surface area contributed by atoms with Crippen LogP contribution >= 0.6 is 23.2 Å². The first kappa shape index (κ1) is 15.6. The van der Waals surface area contributed by atoms with Gasteiger partial charge >= 0.3 is 0 Å². The van der Waals surface area contributed by atoms with Crippen molar-refractivity contribution < 1.29 is 9.18 Å². The number of halogens is 3. The fourth-order valence-corrected chi connectivity index (χ4v) is 2.03. The summed E-state index contributed by atoms with van der Waals surface area (Å²) >= 11 is 11.9. The number of carbonyl (C=O) groups is 1. The molecule has 0 aromatic heterocycles.